The van der Waals surface area contributed by atoms with Crippen LogP contribution in [0.1, 0.15) is 6.92 Å². The van der Waals surface area contributed by atoms with Crippen molar-refractivity contribution in [2.45, 2.75) is 13.1 Å². The lowest BCUT2D eigenvalue weighted by Gasteiger charge is -2.10. The molecular formula is C4H12N6. The van der Waals surface area contributed by atoms with Gasteiger partial charge in [0.1, 0.15) is 0 Å². The molecule has 0 saturated heterocycles. The van der Waals surface area contributed by atoms with Crippen molar-refractivity contribution in [1.29, 1.82) is 10.8 Å². The van der Waals surface area contributed by atoms with E-state index in [1.807, 2.05) is 0 Å². The zero-order valence-corrected chi connectivity index (χ0v) is 5.73. The second kappa shape index (κ2) is 3.67. The van der Waals surface area contributed by atoms with Crippen molar-refractivity contribution in [2.75, 3.05) is 0 Å². The van der Waals surface area contributed by atoms with E-state index in [9.17, 15) is 0 Å². The molecule has 0 rings (SSSR count). The molecule has 0 bridgehead atoms. The minimum atomic E-state index is -0.320. The highest BCUT2D eigenvalue weighted by atomic mass is 15.2. The maximum atomic E-state index is 7.03. The number of hydrogen-bond acceptors (Lipinski definition) is 3. The maximum absolute atomic E-state index is 7.03. The van der Waals surface area contributed by atoms with Gasteiger partial charge in [0.15, 0.2) is 11.9 Å². The molecule has 8 N–H and O–H groups in total. The van der Waals surface area contributed by atoms with Gasteiger partial charge >= 0.3 is 0 Å². The fourth-order valence-corrected chi connectivity index (χ4v) is 0.398. The molecule has 1 unspecified atom stereocenters. The second-order valence-corrected chi connectivity index (χ2v) is 1.85. The minimum Gasteiger partial charge on any atom is -0.370 e. The Bertz CT molecular complexity index is 139. The summed E-state index contributed by atoms with van der Waals surface area (Å²) in [5, 5.41) is 18.5. The lowest BCUT2D eigenvalue weighted by molar-refractivity contribution is 0.685. The number of guanidine groups is 2. The third-order valence-corrected chi connectivity index (χ3v) is 0.632. The van der Waals surface area contributed by atoms with Crippen molar-refractivity contribution in [3.63, 3.8) is 0 Å². The molecule has 0 spiro atoms. The average molecular weight is 144 g/mol. The summed E-state index contributed by atoms with van der Waals surface area (Å²) in [7, 11) is 0. The maximum Gasteiger partial charge on any atom is 0.196 e. The Labute approximate surface area is 59.0 Å². The van der Waals surface area contributed by atoms with Crippen molar-refractivity contribution >= 4 is 11.9 Å². The van der Waals surface area contributed by atoms with Crippen LogP contribution in [-0.2, 0) is 0 Å². The molecule has 0 aliphatic carbocycles. The van der Waals surface area contributed by atoms with Crippen LogP contribution in [-0.4, -0.2) is 18.1 Å². The van der Waals surface area contributed by atoms with Crippen molar-refractivity contribution in [1.82, 2.24) is 10.6 Å². The van der Waals surface area contributed by atoms with Crippen LogP contribution in [0.5, 0.6) is 0 Å². The Kier molecular flexibility index (Phi) is 3.20. The van der Waals surface area contributed by atoms with Crippen LogP contribution in [0.3, 0.4) is 0 Å². The first-order valence-electron chi connectivity index (χ1n) is 2.74. The summed E-state index contributed by atoms with van der Waals surface area (Å²) in [5.41, 5.74) is 10.2. The number of hydrogen-bond donors (Lipinski definition) is 6. The Morgan fingerprint density at radius 2 is 2.00 bits per heavy atom. The largest absolute Gasteiger partial charge is 0.370 e. The van der Waals surface area contributed by atoms with E-state index < -0.39 is 0 Å². The monoisotopic (exact) mass is 144 g/mol. The predicted octanol–water partition coefficient (Wildman–Crippen LogP) is -1.70. The van der Waals surface area contributed by atoms with E-state index in [0.717, 1.165) is 0 Å². The van der Waals surface area contributed by atoms with Gasteiger partial charge in [-0.2, -0.15) is 0 Å². The van der Waals surface area contributed by atoms with Crippen molar-refractivity contribution in [3.05, 3.63) is 0 Å². The van der Waals surface area contributed by atoms with Gasteiger partial charge in [-0.15, -0.1) is 0 Å². The number of nitrogens with one attached hydrogen (secondary N) is 4. The molecule has 0 aliphatic rings. The first-order valence-corrected chi connectivity index (χ1v) is 2.74. The van der Waals surface area contributed by atoms with E-state index in [1.165, 1.54) is 0 Å². The Balaban J connectivity index is 3.54. The quantitative estimate of drug-likeness (QED) is 0.149. The van der Waals surface area contributed by atoms with Gasteiger partial charge < -0.3 is 16.8 Å². The lowest BCUT2D eigenvalue weighted by Crippen LogP contribution is -2.49. The van der Waals surface area contributed by atoms with Crippen LogP contribution in [0.2, 0.25) is 0 Å². The first-order chi connectivity index (χ1) is 4.52. The molecule has 1 atom stereocenters. The summed E-state index contributed by atoms with van der Waals surface area (Å²) >= 11 is 0. The third-order valence-electron chi connectivity index (χ3n) is 0.632. The van der Waals surface area contributed by atoms with E-state index in [-0.39, 0.29) is 18.1 Å². The Morgan fingerprint density at radius 3 is 2.30 bits per heavy atom. The predicted molar refractivity (Wildman–Crippen MR) is 39.6 cm³/mol. The van der Waals surface area contributed by atoms with Gasteiger partial charge in [0, 0.05) is 0 Å². The van der Waals surface area contributed by atoms with Crippen LogP contribution in [0.4, 0.5) is 0 Å². The van der Waals surface area contributed by atoms with E-state index in [2.05, 4.69) is 10.6 Å². The van der Waals surface area contributed by atoms with E-state index in [1.54, 1.807) is 6.92 Å². The highest BCUT2D eigenvalue weighted by molar-refractivity contribution is 5.94. The minimum absolute atomic E-state index is 0.0671. The van der Waals surface area contributed by atoms with Crippen molar-refractivity contribution in [2.24, 2.45) is 11.5 Å². The van der Waals surface area contributed by atoms with Crippen LogP contribution < -0.4 is 22.1 Å². The van der Waals surface area contributed by atoms with Gasteiger partial charge in [0.05, 0.1) is 6.17 Å². The normalized spacial score (nSPS) is 11.8. The smallest absolute Gasteiger partial charge is 0.196 e. The standard InChI is InChI=1S/C4H12N6/c1-2(5)9-4(8)10-3(6)7/h2H,5H2,1H3,(H6,6,7,8,9,10). The molecule has 0 aliphatic heterocycles. The molecule has 0 saturated carbocycles. The molecule has 0 aromatic rings. The number of nitrogens with two attached hydrogens (primary N) is 2. The molecule has 58 valence electrons. The van der Waals surface area contributed by atoms with Gasteiger partial charge in [-0.1, -0.05) is 0 Å². The fourth-order valence-electron chi connectivity index (χ4n) is 0.398. The molecular weight excluding hydrogens is 132 g/mol. The molecule has 0 radical (unpaired) electrons. The molecule has 6 nitrogen and oxygen atoms in total. The van der Waals surface area contributed by atoms with Gasteiger partial charge in [-0.25, -0.2) is 0 Å². The summed E-state index contributed by atoms with van der Waals surface area (Å²) in [6, 6.07) is 0. The van der Waals surface area contributed by atoms with Crippen molar-refractivity contribution < 1.29 is 0 Å². The number of rotatable bonds is 1. The van der Waals surface area contributed by atoms with E-state index in [0.29, 0.717) is 0 Å². The van der Waals surface area contributed by atoms with Crippen LogP contribution in [0, 0.1) is 10.8 Å². The van der Waals surface area contributed by atoms with Gasteiger partial charge in [0.2, 0.25) is 0 Å². The molecule has 0 heterocycles. The Hall–Kier alpha value is -1.30. The highest BCUT2D eigenvalue weighted by Crippen LogP contribution is 1.64. The summed E-state index contributed by atoms with van der Waals surface area (Å²) in [6.07, 6.45) is -0.320. The molecule has 6 heteroatoms. The topological polar surface area (TPSA) is 124 Å². The SMILES string of the molecule is CC(N)NC(=N)NC(=N)N. The molecule has 10 heavy (non-hydrogen) atoms. The van der Waals surface area contributed by atoms with Gasteiger partial charge in [-0.3, -0.25) is 16.1 Å². The van der Waals surface area contributed by atoms with Crippen LogP contribution >= 0.6 is 0 Å². The first kappa shape index (κ1) is 8.70. The fraction of sp³-hybridized carbons (Fsp3) is 0.500. The zero-order valence-electron chi connectivity index (χ0n) is 5.73. The lowest BCUT2D eigenvalue weighted by atomic mass is 10.6. The van der Waals surface area contributed by atoms with Crippen molar-refractivity contribution in [3.8, 4) is 0 Å². The molecule has 0 aromatic carbocycles. The summed E-state index contributed by atoms with van der Waals surface area (Å²) in [5.74, 6) is -0.347. The molecule has 0 amide bonds. The Morgan fingerprint density at radius 1 is 1.50 bits per heavy atom. The summed E-state index contributed by atoms with van der Waals surface area (Å²) in [6.45, 7) is 1.68. The van der Waals surface area contributed by atoms with Crippen LogP contribution in [0.25, 0.3) is 0 Å². The summed E-state index contributed by atoms with van der Waals surface area (Å²) in [4.78, 5) is 0. The summed E-state index contributed by atoms with van der Waals surface area (Å²) < 4.78 is 0. The highest BCUT2D eigenvalue weighted by Gasteiger charge is 1.97. The van der Waals surface area contributed by atoms with Gasteiger partial charge in [-0.05, 0) is 6.92 Å². The van der Waals surface area contributed by atoms with Gasteiger partial charge in [0.25, 0.3) is 0 Å². The average Bonchev–Trinajstić information content (AvgIpc) is 1.58. The van der Waals surface area contributed by atoms with E-state index in [4.69, 9.17) is 22.3 Å². The molecule has 0 fully saturated rings. The zero-order chi connectivity index (χ0) is 8.15. The third kappa shape index (κ3) is 4.85. The van der Waals surface area contributed by atoms with Crippen LogP contribution in [0.15, 0.2) is 0 Å². The second-order valence-electron chi connectivity index (χ2n) is 1.85. The molecule has 0 aromatic heterocycles. The van der Waals surface area contributed by atoms with E-state index >= 15 is 0 Å².